The van der Waals surface area contributed by atoms with Crippen molar-refractivity contribution in [3.05, 3.63) is 0 Å². The Morgan fingerprint density at radius 2 is 2.29 bits per heavy atom. The van der Waals surface area contributed by atoms with Gasteiger partial charge in [-0.15, -0.1) is 0 Å². The summed E-state index contributed by atoms with van der Waals surface area (Å²) in [6, 6.07) is 0. The van der Waals surface area contributed by atoms with Crippen molar-refractivity contribution in [3.63, 3.8) is 0 Å². The van der Waals surface area contributed by atoms with E-state index >= 15 is 0 Å². The molecule has 1 saturated carbocycles. The minimum Gasteiger partial charge on any atom is -0.466 e. The fourth-order valence-corrected chi connectivity index (χ4v) is 1.89. The molecule has 0 aromatic carbocycles. The van der Waals surface area contributed by atoms with Gasteiger partial charge in [-0.3, -0.25) is 9.59 Å². The Kier molecular flexibility index (Phi) is 4.63. The zero-order chi connectivity index (χ0) is 10.4. The molecule has 0 aromatic heterocycles. The van der Waals surface area contributed by atoms with Gasteiger partial charge in [-0.2, -0.15) is 0 Å². The fraction of sp³-hybridized carbons (Fsp3) is 0.818. The molecule has 0 radical (unpaired) electrons. The van der Waals surface area contributed by atoms with Crippen LogP contribution in [-0.4, -0.2) is 18.4 Å². The molecule has 1 fully saturated rings. The number of ketones is 1. The van der Waals surface area contributed by atoms with Crippen LogP contribution in [0.4, 0.5) is 0 Å². The molecule has 1 rings (SSSR count). The average molecular weight is 198 g/mol. The van der Waals surface area contributed by atoms with Crippen molar-refractivity contribution in [2.75, 3.05) is 6.61 Å². The summed E-state index contributed by atoms with van der Waals surface area (Å²) in [4.78, 5) is 21.4. The molecule has 80 valence electrons. The van der Waals surface area contributed by atoms with Gasteiger partial charge >= 0.3 is 5.97 Å². The first-order valence-corrected chi connectivity index (χ1v) is 5.33. The highest BCUT2D eigenvalue weighted by Gasteiger charge is 2.21. The number of ether oxygens (including phenoxy) is 1. The smallest absolute Gasteiger partial charge is 0.302 e. The molecule has 1 aliphatic carbocycles. The highest BCUT2D eigenvalue weighted by atomic mass is 16.5. The van der Waals surface area contributed by atoms with Gasteiger partial charge in [-0.1, -0.05) is 0 Å². The quantitative estimate of drug-likeness (QED) is 0.502. The molecule has 14 heavy (non-hydrogen) atoms. The predicted molar refractivity (Wildman–Crippen MR) is 52.8 cm³/mol. The van der Waals surface area contributed by atoms with Gasteiger partial charge in [0.05, 0.1) is 6.61 Å². The van der Waals surface area contributed by atoms with Crippen LogP contribution in [0.5, 0.6) is 0 Å². The van der Waals surface area contributed by atoms with E-state index in [0.29, 0.717) is 18.3 Å². The van der Waals surface area contributed by atoms with Gasteiger partial charge in [0.1, 0.15) is 5.78 Å². The van der Waals surface area contributed by atoms with E-state index < -0.39 is 0 Å². The van der Waals surface area contributed by atoms with Crippen molar-refractivity contribution in [2.24, 2.45) is 5.92 Å². The maximum Gasteiger partial charge on any atom is 0.302 e. The second kappa shape index (κ2) is 5.78. The summed E-state index contributed by atoms with van der Waals surface area (Å²) in [7, 11) is 0. The number of unbranched alkanes of at least 4 members (excludes halogenated alkanes) is 1. The summed E-state index contributed by atoms with van der Waals surface area (Å²) in [5.74, 6) is 0.802. The first kappa shape index (κ1) is 11.2. The largest absolute Gasteiger partial charge is 0.466 e. The number of hydrogen-bond acceptors (Lipinski definition) is 3. The molecule has 1 atom stereocenters. The third-order valence-corrected chi connectivity index (χ3v) is 2.66. The topological polar surface area (TPSA) is 43.4 Å². The van der Waals surface area contributed by atoms with Crippen LogP contribution in [0.3, 0.4) is 0 Å². The fourth-order valence-electron chi connectivity index (χ4n) is 1.89. The predicted octanol–water partition coefficient (Wildman–Crippen LogP) is 2.09. The SMILES string of the molecule is CC(=O)OCCCC[C@@H]1CCC(=O)C1. The number of carbonyl (C=O) groups is 2. The van der Waals surface area contributed by atoms with Gasteiger partial charge in [0.25, 0.3) is 0 Å². The van der Waals surface area contributed by atoms with E-state index in [9.17, 15) is 9.59 Å². The summed E-state index contributed by atoms with van der Waals surface area (Å²) in [5, 5.41) is 0. The standard InChI is InChI=1S/C11H18O3/c1-9(12)14-7-3-2-4-10-5-6-11(13)8-10/h10H,2-8H2,1H3/t10-/m1/s1. The Morgan fingerprint density at radius 3 is 2.86 bits per heavy atom. The molecule has 3 heteroatoms. The van der Waals surface area contributed by atoms with E-state index in [4.69, 9.17) is 4.74 Å². The summed E-state index contributed by atoms with van der Waals surface area (Å²) >= 11 is 0. The van der Waals surface area contributed by atoms with Crippen LogP contribution in [-0.2, 0) is 14.3 Å². The summed E-state index contributed by atoms with van der Waals surface area (Å²) in [6.45, 7) is 1.95. The molecule has 0 N–H and O–H groups in total. The second-order valence-corrected chi connectivity index (χ2v) is 3.98. The van der Waals surface area contributed by atoms with Crippen LogP contribution >= 0.6 is 0 Å². The van der Waals surface area contributed by atoms with Gasteiger partial charge < -0.3 is 4.74 Å². The van der Waals surface area contributed by atoms with Crippen molar-refractivity contribution < 1.29 is 14.3 Å². The molecule has 0 bridgehead atoms. The lowest BCUT2D eigenvalue weighted by atomic mass is 10.0. The number of esters is 1. The van der Waals surface area contributed by atoms with Crippen molar-refractivity contribution in [2.45, 2.75) is 45.4 Å². The summed E-state index contributed by atoms with van der Waals surface area (Å²) < 4.78 is 4.82. The molecule has 0 aromatic rings. The van der Waals surface area contributed by atoms with E-state index in [2.05, 4.69) is 0 Å². The molecule has 0 unspecified atom stereocenters. The van der Waals surface area contributed by atoms with Gasteiger partial charge in [0.2, 0.25) is 0 Å². The average Bonchev–Trinajstić information content (AvgIpc) is 2.50. The zero-order valence-corrected chi connectivity index (χ0v) is 8.75. The van der Waals surface area contributed by atoms with Gasteiger partial charge in [0, 0.05) is 19.8 Å². The van der Waals surface area contributed by atoms with E-state index in [1.165, 1.54) is 6.92 Å². The van der Waals surface area contributed by atoms with E-state index in [1.807, 2.05) is 0 Å². The lowest BCUT2D eigenvalue weighted by Gasteiger charge is -2.07. The maximum absolute atomic E-state index is 11.0. The Balaban J connectivity index is 1.94. The Hall–Kier alpha value is -0.860. The molecule has 0 amide bonds. The number of Topliss-reactive ketones (excluding diaryl/α,β-unsaturated/α-hetero) is 1. The minimum atomic E-state index is -0.207. The van der Waals surface area contributed by atoms with Gasteiger partial charge in [-0.25, -0.2) is 0 Å². The van der Waals surface area contributed by atoms with E-state index in [0.717, 1.165) is 38.5 Å². The zero-order valence-electron chi connectivity index (χ0n) is 8.75. The second-order valence-electron chi connectivity index (χ2n) is 3.98. The maximum atomic E-state index is 11.0. The molecule has 0 saturated heterocycles. The van der Waals surface area contributed by atoms with Crippen molar-refractivity contribution in [1.82, 2.24) is 0 Å². The molecule has 0 heterocycles. The Bertz CT molecular complexity index is 211. The van der Waals surface area contributed by atoms with Crippen molar-refractivity contribution >= 4 is 11.8 Å². The lowest BCUT2D eigenvalue weighted by Crippen LogP contribution is -2.01. The van der Waals surface area contributed by atoms with Crippen LogP contribution < -0.4 is 0 Å². The molecular weight excluding hydrogens is 180 g/mol. The number of rotatable bonds is 5. The third kappa shape index (κ3) is 4.40. The minimum absolute atomic E-state index is 0.207. The van der Waals surface area contributed by atoms with Crippen LogP contribution in [0, 0.1) is 5.92 Å². The molecule has 3 nitrogen and oxygen atoms in total. The lowest BCUT2D eigenvalue weighted by molar-refractivity contribution is -0.141. The van der Waals surface area contributed by atoms with Gasteiger partial charge in [-0.05, 0) is 31.6 Å². The van der Waals surface area contributed by atoms with E-state index in [-0.39, 0.29) is 5.97 Å². The van der Waals surface area contributed by atoms with Crippen molar-refractivity contribution in [3.8, 4) is 0 Å². The molecule has 0 aliphatic heterocycles. The van der Waals surface area contributed by atoms with Crippen LogP contribution in [0.25, 0.3) is 0 Å². The first-order valence-electron chi connectivity index (χ1n) is 5.33. The monoisotopic (exact) mass is 198 g/mol. The summed E-state index contributed by atoms with van der Waals surface area (Å²) in [6.07, 6.45) is 5.69. The van der Waals surface area contributed by atoms with E-state index in [1.54, 1.807) is 0 Å². The normalized spacial score (nSPS) is 21.2. The van der Waals surface area contributed by atoms with Crippen LogP contribution in [0.2, 0.25) is 0 Å². The molecule has 1 aliphatic rings. The highest BCUT2D eigenvalue weighted by molar-refractivity contribution is 5.80. The van der Waals surface area contributed by atoms with Gasteiger partial charge in [0.15, 0.2) is 0 Å². The molecule has 0 spiro atoms. The summed E-state index contributed by atoms with van der Waals surface area (Å²) in [5.41, 5.74) is 0. The first-order chi connectivity index (χ1) is 6.68. The Labute approximate surface area is 84.8 Å². The van der Waals surface area contributed by atoms with Crippen LogP contribution in [0.15, 0.2) is 0 Å². The molecular formula is C11H18O3. The number of carbonyl (C=O) groups excluding carboxylic acids is 2. The highest BCUT2D eigenvalue weighted by Crippen LogP contribution is 2.26. The van der Waals surface area contributed by atoms with Crippen molar-refractivity contribution in [1.29, 1.82) is 0 Å². The third-order valence-electron chi connectivity index (χ3n) is 2.66. The number of hydrogen-bond donors (Lipinski definition) is 0. The Morgan fingerprint density at radius 1 is 1.50 bits per heavy atom. The van der Waals surface area contributed by atoms with Crippen LogP contribution in [0.1, 0.15) is 45.4 Å².